The molecule has 0 aliphatic carbocycles. The Balaban J connectivity index is 2.17. The average molecular weight is 218 g/mol. The minimum absolute atomic E-state index is 0.367. The van der Waals surface area contributed by atoms with E-state index in [-0.39, 0.29) is 6.10 Å². The SMILES string of the molecule is Cc1nc(N2CCOC(C#N)C2)ccc1N. The van der Waals surface area contributed by atoms with Gasteiger partial charge in [-0.2, -0.15) is 5.26 Å². The molecule has 1 unspecified atom stereocenters. The summed E-state index contributed by atoms with van der Waals surface area (Å²) in [7, 11) is 0. The summed E-state index contributed by atoms with van der Waals surface area (Å²) in [6, 6.07) is 5.83. The Bertz CT molecular complexity index is 426. The molecular formula is C11H14N4O. The Morgan fingerprint density at radius 3 is 3.12 bits per heavy atom. The molecule has 0 spiro atoms. The lowest BCUT2D eigenvalue weighted by Crippen LogP contribution is -2.42. The summed E-state index contributed by atoms with van der Waals surface area (Å²) in [5.41, 5.74) is 7.22. The van der Waals surface area contributed by atoms with Gasteiger partial charge in [0, 0.05) is 6.54 Å². The highest BCUT2D eigenvalue weighted by Crippen LogP contribution is 2.18. The number of nitrogens with zero attached hydrogens (tertiary/aromatic N) is 3. The van der Waals surface area contributed by atoms with E-state index in [1.54, 1.807) is 0 Å². The van der Waals surface area contributed by atoms with Crippen molar-refractivity contribution >= 4 is 11.5 Å². The van der Waals surface area contributed by atoms with Crippen molar-refractivity contribution in [1.82, 2.24) is 4.98 Å². The summed E-state index contributed by atoms with van der Waals surface area (Å²) in [6.45, 7) is 3.76. The highest BCUT2D eigenvalue weighted by molar-refractivity contribution is 5.50. The first-order valence-electron chi connectivity index (χ1n) is 5.20. The third-order valence-corrected chi connectivity index (χ3v) is 2.65. The van der Waals surface area contributed by atoms with Crippen LogP contribution in [0.15, 0.2) is 12.1 Å². The predicted molar refractivity (Wildman–Crippen MR) is 61.0 cm³/mol. The zero-order valence-electron chi connectivity index (χ0n) is 9.18. The topological polar surface area (TPSA) is 75.2 Å². The largest absolute Gasteiger partial charge is 0.397 e. The average Bonchev–Trinajstić information content (AvgIpc) is 2.33. The highest BCUT2D eigenvalue weighted by Gasteiger charge is 2.21. The van der Waals surface area contributed by atoms with Crippen molar-refractivity contribution in [2.24, 2.45) is 0 Å². The third kappa shape index (κ3) is 2.07. The van der Waals surface area contributed by atoms with Gasteiger partial charge in [0.2, 0.25) is 0 Å². The van der Waals surface area contributed by atoms with E-state index in [1.165, 1.54) is 0 Å². The third-order valence-electron chi connectivity index (χ3n) is 2.65. The van der Waals surface area contributed by atoms with Gasteiger partial charge in [-0.05, 0) is 19.1 Å². The van der Waals surface area contributed by atoms with Gasteiger partial charge in [0.15, 0.2) is 6.10 Å². The molecule has 1 aliphatic rings. The van der Waals surface area contributed by atoms with Gasteiger partial charge in [-0.1, -0.05) is 0 Å². The number of hydrogen-bond acceptors (Lipinski definition) is 5. The maximum absolute atomic E-state index is 8.81. The molecule has 1 saturated heterocycles. The van der Waals surface area contributed by atoms with Crippen LogP contribution in [0, 0.1) is 18.3 Å². The number of ether oxygens (including phenoxy) is 1. The van der Waals surface area contributed by atoms with Crippen molar-refractivity contribution in [3.8, 4) is 6.07 Å². The molecule has 0 amide bonds. The zero-order chi connectivity index (χ0) is 11.5. The molecule has 1 aliphatic heterocycles. The van der Waals surface area contributed by atoms with E-state index in [4.69, 9.17) is 15.7 Å². The summed E-state index contributed by atoms with van der Waals surface area (Å²) in [4.78, 5) is 6.45. The van der Waals surface area contributed by atoms with E-state index < -0.39 is 0 Å². The van der Waals surface area contributed by atoms with Crippen molar-refractivity contribution in [2.45, 2.75) is 13.0 Å². The molecule has 1 atom stereocenters. The lowest BCUT2D eigenvalue weighted by Gasteiger charge is -2.30. The number of nitrogen functional groups attached to an aromatic ring is 1. The van der Waals surface area contributed by atoms with Gasteiger partial charge in [0.05, 0.1) is 30.6 Å². The number of anilines is 2. The number of rotatable bonds is 1. The fraction of sp³-hybridized carbons (Fsp3) is 0.455. The van der Waals surface area contributed by atoms with Crippen LogP contribution >= 0.6 is 0 Å². The lowest BCUT2D eigenvalue weighted by atomic mass is 10.2. The molecule has 2 heterocycles. The summed E-state index contributed by atoms with van der Waals surface area (Å²) >= 11 is 0. The number of nitriles is 1. The van der Waals surface area contributed by atoms with E-state index in [0.717, 1.165) is 18.1 Å². The standard InChI is InChI=1S/C11H14N4O/c1-8-10(13)2-3-11(14-8)15-4-5-16-9(6-12)7-15/h2-3,9H,4-5,7,13H2,1H3. The van der Waals surface area contributed by atoms with Gasteiger partial charge in [0.1, 0.15) is 5.82 Å². The zero-order valence-corrected chi connectivity index (χ0v) is 9.18. The summed E-state index contributed by atoms with van der Waals surface area (Å²) in [5.74, 6) is 0.857. The van der Waals surface area contributed by atoms with E-state index in [0.29, 0.717) is 18.8 Å². The molecule has 0 aromatic carbocycles. The molecule has 0 saturated carbocycles. The van der Waals surface area contributed by atoms with Gasteiger partial charge in [-0.3, -0.25) is 0 Å². The van der Waals surface area contributed by atoms with Gasteiger partial charge in [-0.15, -0.1) is 0 Å². The summed E-state index contributed by atoms with van der Waals surface area (Å²) < 4.78 is 5.28. The highest BCUT2D eigenvalue weighted by atomic mass is 16.5. The van der Waals surface area contributed by atoms with Gasteiger partial charge in [0.25, 0.3) is 0 Å². The van der Waals surface area contributed by atoms with Crippen molar-refractivity contribution in [1.29, 1.82) is 5.26 Å². The molecule has 2 rings (SSSR count). The van der Waals surface area contributed by atoms with Crippen molar-refractivity contribution in [3.05, 3.63) is 17.8 Å². The number of nitrogens with two attached hydrogens (primary N) is 1. The van der Waals surface area contributed by atoms with Crippen molar-refractivity contribution in [2.75, 3.05) is 30.3 Å². The van der Waals surface area contributed by atoms with Gasteiger partial charge in [-0.25, -0.2) is 4.98 Å². The Kier molecular flexibility index (Phi) is 2.93. The number of hydrogen-bond donors (Lipinski definition) is 1. The van der Waals surface area contributed by atoms with Crippen LogP contribution in [-0.2, 0) is 4.74 Å². The minimum Gasteiger partial charge on any atom is -0.397 e. The molecule has 1 aromatic heterocycles. The molecule has 5 nitrogen and oxygen atoms in total. The van der Waals surface area contributed by atoms with Crippen LogP contribution in [0.4, 0.5) is 11.5 Å². The first-order chi connectivity index (χ1) is 7.70. The normalized spacial score (nSPS) is 20.5. The van der Waals surface area contributed by atoms with Crippen molar-refractivity contribution in [3.63, 3.8) is 0 Å². The van der Waals surface area contributed by atoms with Gasteiger partial charge < -0.3 is 15.4 Å². The van der Waals surface area contributed by atoms with Crippen LogP contribution in [0.25, 0.3) is 0 Å². The predicted octanol–water partition coefficient (Wildman–Crippen LogP) is 0.701. The molecular weight excluding hydrogens is 204 g/mol. The molecule has 1 fully saturated rings. The smallest absolute Gasteiger partial charge is 0.161 e. The van der Waals surface area contributed by atoms with Crippen LogP contribution in [0.3, 0.4) is 0 Å². The Labute approximate surface area is 94.4 Å². The van der Waals surface area contributed by atoms with E-state index >= 15 is 0 Å². The second kappa shape index (κ2) is 4.37. The molecule has 2 N–H and O–H groups in total. The second-order valence-corrected chi connectivity index (χ2v) is 3.78. The molecule has 84 valence electrons. The summed E-state index contributed by atoms with van der Waals surface area (Å²) in [5, 5.41) is 8.81. The first-order valence-corrected chi connectivity index (χ1v) is 5.20. The van der Waals surface area contributed by atoms with Crippen LogP contribution in [0.5, 0.6) is 0 Å². The number of morpholine rings is 1. The van der Waals surface area contributed by atoms with Crippen LogP contribution in [0.2, 0.25) is 0 Å². The molecule has 16 heavy (non-hydrogen) atoms. The first kappa shape index (κ1) is 10.7. The maximum atomic E-state index is 8.81. The van der Waals surface area contributed by atoms with E-state index in [2.05, 4.69) is 11.1 Å². The summed E-state index contributed by atoms with van der Waals surface area (Å²) in [6.07, 6.45) is -0.367. The lowest BCUT2D eigenvalue weighted by molar-refractivity contribution is 0.0761. The van der Waals surface area contributed by atoms with Crippen LogP contribution < -0.4 is 10.6 Å². The Morgan fingerprint density at radius 2 is 2.44 bits per heavy atom. The van der Waals surface area contributed by atoms with Gasteiger partial charge >= 0.3 is 0 Å². The Morgan fingerprint density at radius 1 is 1.62 bits per heavy atom. The minimum atomic E-state index is -0.367. The number of pyridine rings is 1. The quantitative estimate of drug-likeness (QED) is 0.751. The van der Waals surface area contributed by atoms with Crippen molar-refractivity contribution < 1.29 is 4.74 Å². The molecule has 0 radical (unpaired) electrons. The molecule has 1 aromatic rings. The van der Waals surface area contributed by atoms with E-state index in [1.807, 2.05) is 24.0 Å². The maximum Gasteiger partial charge on any atom is 0.161 e. The molecule has 0 bridgehead atoms. The van der Waals surface area contributed by atoms with E-state index in [9.17, 15) is 0 Å². The fourth-order valence-corrected chi connectivity index (χ4v) is 1.67. The fourth-order valence-electron chi connectivity index (χ4n) is 1.67. The second-order valence-electron chi connectivity index (χ2n) is 3.78. The number of aryl methyl sites for hydroxylation is 1. The monoisotopic (exact) mass is 218 g/mol. The molecule has 5 heteroatoms. The Hall–Kier alpha value is -1.80. The van der Waals surface area contributed by atoms with Crippen LogP contribution in [-0.4, -0.2) is 30.8 Å². The number of aromatic nitrogens is 1. The van der Waals surface area contributed by atoms with Crippen LogP contribution in [0.1, 0.15) is 5.69 Å².